The molecule has 0 spiro atoms. The van der Waals surface area contributed by atoms with Crippen molar-refractivity contribution in [1.82, 2.24) is 10.3 Å². The van der Waals surface area contributed by atoms with Crippen LogP contribution in [-0.2, 0) is 6.42 Å². The summed E-state index contributed by atoms with van der Waals surface area (Å²) in [6, 6.07) is 7.40. The Labute approximate surface area is 127 Å². The van der Waals surface area contributed by atoms with E-state index in [2.05, 4.69) is 10.3 Å². The molecule has 0 saturated heterocycles. The molecule has 2 rings (SSSR count). The third-order valence-corrected chi connectivity index (χ3v) is 3.98. The van der Waals surface area contributed by atoms with Gasteiger partial charge in [-0.05, 0) is 37.2 Å². The summed E-state index contributed by atoms with van der Waals surface area (Å²) in [7, 11) is 1.87. The van der Waals surface area contributed by atoms with Crippen molar-refractivity contribution in [3.63, 3.8) is 0 Å². The van der Waals surface area contributed by atoms with E-state index in [4.69, 9.17) is 34.8 Å². The number of aromatic nitrogens is 1. The number of rotatable bonds is 4. The first-order chi connectivity index (χ1) is 9.13. The molecule has 0 fully saturated rings. The fourth-order valence-corrected chi connectivity index (χ4v) is 2.84. The maximum Gasteiger partial charge on any atom is 0.0622 e. The standard InChI is InChI=1S/C14H13Cl3N2/c1-18-13(7-9-5-6-19-8-12(9)17)14-10(15)3-2-4-11(14)16/h2-6,8,13,18H,7H2,1H3. The third-order valence-electron chi connectivity index (χ3n) is 2.98. The van der Waals surface area contributed by atoms with Gasteiger partial charge in [0.1, 0.15) is 0 Å². The van der Waals surface area contributed by atoms with E-state index >= 15 is 0 Å². The van der Waals surface area contributed by atoms with Crippen molar-refractivity contribution in [1.29, 1.82) is 0 Å². The molecule has 19 heavy (non-hydrogen) atoms. The molecule has 100 valence electrons. The van der Waals surface area contributed by atoms with Gasteiger partial charge in [0.25, 0.3) is 0 Å². The molecule has 0 bridgehead atoms. The number of likely N-dealkylation sites (N-methyl/N-ethyl adjacent to an activating group) is 1. The smallest absolute Gasteiger partial charge is 0.0622 e. The zero-order valence-electron chi connectivity index (χ0n) is 10.3. The minimum Gasteiger partial charge on any atom is -0.313 e. The highest BCUT2D eigenvalue weighted by molar-refractivity contribution is 6.36. The van der Waals surface area contributed by atoms with E-state index in [1.165, 1.54) is 0 Å². The molecular formula is C14H13Cl3N2. The zero-order valence-corrected chi connectivity index (χ0v) is 12.6. The Morgan fingerprint density at radius 3 is 2.37 bits per heavy atom. The van der Waals surface area contributed by atoms with Gasteiger partial charge in [-0.25, -0.2) is 0 Å². The van der Waals surface area contributed by atoms with Crippen molar-refractivity contribution >= 4 is 34.8 Å². The quantitative estimate of drug-likeness (QED) is 0.895. The van der Waals surface area contributed by atoms with E-state index in [9.17, 15) is 0 Å². The predicted molar refractivity (Wildman–Crippen MR) is 81.2 cm³/mol. The number of pyridine rings is 1. The van der Waals surface area contributed by atoms with Crippen LogP contribution < -0.4 is 5.32 Å². The summed E-state index contributed by atoms with van der Waals surface area (Å²) >= 11 is 18.6. The average molecular weight is 316 g/mol. The minimum atomic E-state index is 0.00102. The lowest BCUT2D eigenvalue weighted by Gasteiger charge is -2.20. The fraction of sp³-hybridized carbons (Fsp3) is 0.214. The van der Waals surface area contributed by atoms with Gasteiger partial charge >= 0.3 is 0 Å². The molecule has 2 nitrogen and oxygen atoms in total. The van der Waals surface area contributed by atoms with Crippen molar-refractivity contribution in [3.05, 3.63) is 62.9 Å². The van der Waals surface area contributed by atoms with Crippen molar-refractivity contribution in [2.75, 3.05) is 7.05 Å². The Balaban J connectivity index is 2.34. The van der Waals surface area contributed by atoms with E-state index in [1.807, 2.05) is 31.3 Å². The molecule has 0 aliphatic carbocycles. The van der Waals surface area contributed by atoms with E-state index in [1.54, 1.807) is 12.4 Å². The Bertz CT molecular complexity index is 552. The van der Waals surface area contributed by atoms with E-state index < -0.39 is 0 Å². The van der Waals surface area contributed by atoms with Gasteiger partial charge in [0.2, 0.25) is 0 Å². The minimum absolute atomic E-state index is 0.00102. The number of halogens is 3. The third kappa shape index (κ3) is 3.40. The molecule has 0 saturated carbocycles. The van der Waals surface area contributed by atoms with Crippen molar-refractivity contribution in [2.45, 2.75) is 12.5 Å². The van der Waals surface area contributed by atoms with Crippen LogP contribution in [0.15, 0.2) is 36.7 Å². The molecule has 0 aliphatic rings. The second kappa shape index (κ2) is 6.58. The lowest BCUT2D eigenvalue weighted by Crippen LogP contribution is -2.20. The molecule has 0 aliphatic heterocycles. The second-order valence-electron chi connectivity index (χ2n) is 4.15. The monoisotopic (exact) mass is 314 g/mol. The van der Waals surface area contributed by atoms with E-state index in [-0.39, 0.29) is 6.04 Å². The van der Waals surface area contributed by atoms with Crippen molar-refractivity contribution in [3.8, 4) is 0 Å². The van der Waals surface area contributed by atoms with Crippen LogP contribution in [0.5, 0.6) is 0 Å². The maximum absolute atomic E-state index is 6.24. The van der Waals surface area contributed by atoms with E-state index in [0.717, 1.165) is 11.1 Å². The molecule has 5 heteroatoms. The van der Waals surface area contributed by atoms with Crippen LogP contribution in [0, 0.1) is 0 Å². The van der Waals surface area contributed by atoms with Gasteiger partial charge in [0, 0.05) is 34.0 Å². The van der Waals surface area contributed by atoms with Crippen LogP contribution in [-0.4, -0.2) is 12.0 Å². The number of hydrogen-bond acceptors (Lipinski definition) is 2. The lowest BCUT2D eigenvalue weighted by atomic mass is 9.99. The summed E-state index contributed by atoms with van der Waals surface area (Å²) in [6.45, 7) is 0. The Morgan fingerprint density at radius 2 is 1.79 bits per heavy atom. The first kappa shape index (κ1) is 14.6. The van der Waals surface area contributed by atoms with Gasteiger partial charge in [-0.1, -0.05) is 40.9 Å². The van der Waals surface area contributed by atoms with Gasteiger partial charge in [0.15, 0.2) is 0 Å². The number of benzene rings is 1. The normalized spacial score (nSPS) is 12.4. The van der Waals surface area contributed by atoms with Gasteiger partial charge in [-0.2, -0.15) is 0 Å². The van der Waals surface area contributed by atoms with Crippen LogP contribution in [0.1, 0.15) is 17.2 Å². The Morgan fingerprint density at radius 1 is 1.11 bits per heavy atom. The molecule has 2 aromatic rings. The second-order valence-corrected chi connectivity index (χ2v) is 5.37. The summed E-state index contributed by atoms with van der Waals surface area (Å²) in [4.78, 5) is 3.98. The topological polar surface area (TPSA) is 24.9 Å². The molecule has 1 N–H and O–H groups in total. The molecule has 1 atom stereocenters. The van der Waals surface area contributed by atoms with Crippen LogP contribution in [0.25, 0.3) is 0 Å². The maximum atomic E-state index is 6.24. The van der Waals surface area contributed by atoms with Gasteiger partial charge in [0.05, 0.1) is 5.02 Å². The Hall–Kier alpha value is -0.800. The highest BCUT2D eigenvalue weighted by Crippen LogP contribution is 2.32. The highest BCUT2D eigenvalue weighted by Gasteiger charge is 2.18. The lowest BCUT2D eigenvalue weighted by molar-refractivity contribution is 0.592. The van der Waals surface area contributed by atoms with Crippen LogP contribution in [0.2, 0.25) is 15.1 Å². The number of hydrogen-bond donors (Lipinski definition) is 1. The Kier molecular flexibility index (Phi) is 5.06. The predicted octanol–water partition coefficient (Wildman–Crippen LogP) is 4.55. The fourth-order valence-electron chi connectivity index (χ4n) is 1.98. The van der Waals surface area contributed by atoms with Crippen LogP contribution in [0.3, 0.4) is 0 Å². The van der Waals surface area contributed by atoms with Crippen molar-refractivity contribution in [2.24, 2.45) is 0 Å². The molecule has 0 amide bonds. The summed E-state index contributed by atoms with van der Waals surface area (Å²) in [5, 5.41) is 5.17. The van der Waals surface area contributed by atoms with Gasteiger partial charge in [-0.3, -0.25) is 4.98 Å². The van der Waals surface area contributed by atoms with Gasteiger partial charge in [-0.15, -0.1) is 0 Å². The number of nitrogens with one attached hydrogen (secondary N) is 1. The average Bonchev–Trinajstić information content (AvgIpc) is 2.39. The highest BCUT2D eigenvalue weighted by atomic mass is 35.5. The summed E-state index contributed by atoms with van der Waals surface area (Å²) in [5.41, 5.74) is 1.90. The molecular weight excluding hydrogens is 303 g/mol. The van der Waals surface area contributed by atoms with E-state index in [0.29, 0.717) is 21.5 Å². The zero-order chi connectivity index (χ0) is 13.8. The SMILES string of the molecule is CNC(Cc1ccncc1Cl)c1c(Cl)cccc1Cl. The molecule has 1 aromatic heterocycles. The molecule has 1 aromatic carbocycles. The molecule has 0 radical (unpaired) electrons. The van der Waals surface area contributed by atoms with Gasteiger partial charge < -0.3 is 5.32 Å². The summed E-state index contributed by atoms with van der Waals surface area (Å²) in [6.07, 6.45) is 4.06. The number of nitrogens with zero attached hydrogens (tertiary/aromatic N) is 1. The van der Waals surface area contributed by atoms with Crippen LogP contribution >= 0.6 is 34.8 Å². The first-order valence-corrected chi connectivity index (χ1v) is 6.96. The summed E-state index contributed by atoms with van der Waals surface area (Å²) < 4.78 is 0. The molecule has 1 heterocycles. The summed E-state index contributed by atoms with van der Waals surface area (Å²) in [5.74, 6) is 0. The van der Waals surface area contributed by atoms with Crippen molar-refractivity contribution < 1.29 is 0 Å². The molecule has 1 unspecified atom stereocenters. The first-order valence-electron chi connectivity index (χ1n) is 5.83. The largest absolute Gasteiger partial charge is 0.313 e. The van der Waals surface area contributed by atoms with Crippen LogP contribution in [0.4, 0.5) is 0 Å².